The Morgan fingerprint density at radius 1 is 1.19 bits per heavy atom. The zero-order chi connectivity index (χ0) is 15.0. The number of para-hydroxylation sites is 1. The lowest BCUT2D eigenvalue weighted by atomic mass is 10.1. The molecular weight excluding hydrogens is 278 g/mol. The van der Waals surface area contributed by atoms with Crippen molar-refractivity contribution in [3.05, 3.63) is 59.8 Å². The minimum atomic E-state index is -0.770. The number of carbonyl (C=O) groups excluding carboxylic acids is 1. The molecule has 0 aliphatic heterocycles. The third-order valence-electron chi connectivity index (χ3n) is 3.14. The van der Waals surface area contributed by atoms with Gasteiger partial charge in [-0.05, 0) is 18.2 Å². The Kier molecular flexibility index (Phi) is 3.13. The van der Waals surface area contributed by atoms with Gasteiger partial charge in [-0.25, -0.2) is 18.3 Å². The number of carbonyl (C=O) groups is 1. The number of hydrogen-bond donors (Lipinski definition) is 0. The van der Waals surface area contributed by atoms with Crippen molar-refractivity contribution in [3.8, 4) is 5.69 Å². The van der Waals surface area contributed by atoms with E-state index < -0.39 is 17.6 Å². The summed E-state index contributed by atoms with van der Waals surface area (Å²) >= 11 is 0. The molecular formula is C15H10F2N2O2. The Bertz CT molecular complexity index is 843. The number of methoxy groups -OCH3 is 1. The highest BCUT2D eigenvalue weighted by Crippen LogP contribution is 2.23. The molecule has 2 aromatic carbocycles. The second kappa shape index (κ2) is 4.97. The van der Waals surface area contributed by atoms with Crippen LogP contribution in [0, 0.1) is 11.6 Å². The molecule has 0 bridgehead atoms. The summed E-state index contributed by atoms with van der Waals surface area (Å²) in [6.45, 7) is 0. The van der Waals surface area contributed by atoms with Crippen LogP contribution in [0.3, 0.4) is 0 Å². The van der Waals surface area contributed by atoms with Gasteiger partial charge in [0.15, 0.2) is 0 Å². The Balaban J connectivity index is 2.22. The van der Waals surface area contributed by atoms with E-state index in [-0.39, 0.29) is 11.3 Å². The van der Waals surface area contributed by atoms with Crippen LogP contribution in [0.25, 0.3) is 16.6 Å². The maximum atomic E-state index is 14.0. The highest BCUT2D eigenvalue weighted by molar-refractivity contribution is 5.95. The zero-order valence-corrected chi connectivity index (χ0v) is 11.0. The van der Waals surface area contributed by atoms with E-state index in [1.165, 1.54) is 36.2 Å². The van der Waals surface area contributed by atoms with E-state index in [1.807, 2.05) is 0 Å². The SMILES string of the molecule is COC(=O)c1cc2cnn(-c3ccccc3F)c2cc1F. The molecule has 0 unspecified atom stereocenters. The lowest BCUT2D eigenvalue weighted by Gasteiger charge is -2.06. The standard InChI is InChI=1S/C15H10F2N2O2/c1-21-15(20)10-6-9-8-18-19(14(9)7-12(10)17)13-5-3-2-4-11(13)16/h2-8H,1H3. The van der Waals surface area contributed by atoms with Gasteiger partial charge in [-0.2, -0.15) is 5.10 Å². The number of rotatable bonds is 2. The van der Waals surface area contributed by atoms with Gasteiger partial charge in [-0.1, -0.05) is 12.1 Å². The number of hydrogen-bond acceptors (Lipinski definition) is 3. The highest BCUT2D eigenvalue weighted by atomic mass is 19.1. The smallest absolute Gasteiger partial charge is 0.340 e. The molecule has 0 radical (unpaired) electrons. The normalized spacial score (nSPS) is 10.8. The molecule has 21 heavy (non-hydrogen) atoms. The fourth-order valence-electron chi connectivity index (χ4n) is 2.13. The first-order chi connectivity index (χ1) is 10.1. The number of esters is 1. The van der Waals surface area contributed by atoms with Crippen LogP contribution in [0.1, 0.15) is 10.4 Å². The van der Waals surface area contributed by atoms with Gasteiger partial charge in [0.25, 0.3) is 0 Å². The molecule has 4 nitrogen and oxygen atoms in total. The molecule has 3 aromatic rings. The number of halogens is 2. The number of fused-ring (bicyclic) bond motifs is 1. The minimum absolute atomic E-state index is 0.182. The van der Waals surface area contributed by atoms with Gasteiger partial charge in [-0.3, -0.25) is 0 Å². The van der Waals surface area contributed by atoms with Crippen LogP contribution >= 0.6 is 0 Å². The molecule has 6 heteroatoms. The van der Waals surface area contributed by atoms with Gasteiger partial charge in [0.1, 0.15) is 17.3 Å². The molecule has 0 aliphatic carbocycles. The van der Waals surface area contributed by atoms with E-state index >= 15 is 0 Å². The van der Waals surface area contributed by atoms with Crippen molar-refractivity contribution >= 4 is 16.9 Å². The molecule has 0 saturated heterocycles. The van der Waals surface area contributed by atoms with Gasteiger partial charge in [0, 0.05) is 11.5 Å². The summed E-state index contributed by atoms with van der Waals surface area (Å²) in [5, 5.41) is 4.57. The van der Waals surface area contributed by atoms with E-state index in [0.29, 0.717) is 10.9 Å². The molecule has 0 atom stereocenters. The Morgan fingerprint density at radius 2 is 1.95 bits per heavy atom. The first kappa shape index (κ1) is 13.2. The number of benzene rings is 2. The van der Waals surface area contributed by atoms with Crippen molar-refractivity contribution < 1.29 is 18.3 Å². The predicted molar refractivity (Wildman–Crippen MR) is 72.3 cm³/mol. The molecule has 0 aliphatic rings. The highest BCUT2D eigenvalue weighted by Gasteiger charge is 2.17. The van der Waals surface area contributed by atoms with Crippen molar-refractivity contribution in [3.63, 3.8) is 0 Å². The second-order valence-electron chi connectivity index (χ2n) is 4.39. The average molecular weight is 288 g/mol. The topological polar surface area (TPSA) is 44.1 Å². The lowest BCUT2D eigenvalue weighted by molar-refractivity contribution is 0.0595. The summed E-state index contributed by atoms with van der Waals surface area (Å²) < 4.78 is 33.6. The van der Waals surface area contributed by atoms with Crippen LogP contribution in [0.2, 0.25) is 0 Å². The fraction of sp³-hybridized carbons (Fsp3) is 0.0667. The molecule has 0 fully saturated rings. The Labute approximate surface area is 118 Å². The third kappa shape index (κ3) is 2.14. The molecule has 1 aromatic heterocycles. The maximum absolute atomic E-state index is 14.0. The number of nitrogens with zero attached hydrogens (tertiary/aromatic N) is 2. The molecule has 1 heterocycles. The van der Waals surface area contributed by atoms with Crippen molar-refractivity contribution in [1.82, 2.24) is 9.78 Å². The Hall–Kier alpha value is -2.76. The van der Waals surface area contributed by atoms with Crippen LogP contribution in [0.15, 0.2) is 42.6 Å². The summed E-state index contributed by atoms with van der Waals surface area (Å²) in [4.78, 5) is 11.5. The first-order valence-corrected chi connectivity index (χ1v) is 6.12. The molecule has 106 valence electrons. The van der Waals surface area contributed by atoms with Gasteiger partial charge in [-0.15, -0.1) is 0 Å². The van der Waals surface area contributed by atoms with E-state index in [0.717, 1.165) is 6.07 Å². The first-order valence-electron chi connectivity index (χ1n) is 6.12. The summed E-state index contributed by atoms with van der Waals surface area (Å²) in [5.74, 6) is -1.99. The average Bonchev–Trinajstić information content (AvgIpc) is 2.88. The molecule has 3 rings (SSSR count). The van der Waals surface area contributed by atoms with Crippen molar-refractivity contribution in [2.24, 2.45) is 0 Å². The van der Waals surface area contributed by atoms with Gasteiger partial charge >= 0.3 is 5.97 Å². The van der Waals surface area contributed by atoms with Gasteiger partial charge in [0.05, 0.1) is 24.4 Å². The monoisotopic (exact) mass is 288 g/mol. The Morgan fingerprint density at radius 3 is 2.67 bits per heavy atom. The maximum Gasteiger partial charge on any atom is 0.340 e. The van der Waals surface area contributed by atoms with Crippen LogP contribution in [-0.2, 0) is 4.74 Å². The van der Waals surface area contributed by atoms with Crippen molar-refractivity contribution in [2.45, 2.75) is 0 Å². The molecule has 0 saturated carbocycles. The molecule has 0 N–H and O–H groups in total. The number of aromatic nitrogens is 2. The quantitative estimate of drug-likeness (QED) is 0.681. The summed E-state index contributed by atoms with van der Waals surface area (Å²) in [5.41, 5.74) is 0.390. The van der Waals surface area contributed by atoms with Crippen molar-refractivity contribution in [2.75, 3.05) is 7.11 Å². The minimum Gasteiger partial charge on any atom is -0.465 e. The summed E-state index contributed by atoms with van der Waals surface area (Å²) in [7, 11) is 1.18. The molecule has 0 spiro atoms. The second-order valence-corrected chi connectivity index (χ2v) is 4.39. The van der Waals surface area contributed by atoms with Crippen LogP contribution in [-0.4, -0.2) is 22.9 Å². The van der Waals surface area contributed by atoms with E-state index in [9.17, 15) is 13.6 Å². The molecule has 0 amide bonds. The van der Waals surface area contributed by atoms with E-state index in [1.54, 1.807) is 12.1 Å². The number of ether oxygens (including phenoxy) is 1. The third-order valence-corrected chi connectivity index (χ3v) is 3.14. The van der Waals surface area contributed by atoms with Crippen LogP contribution < -0.4 is 0 Å². The van der Waals surface area contributed by atoms with E-state index in [4.69, 9.17) is 0 Å². The summed E-state index contributed by atoms with van der Waals surface area (Å²) in [6, 6.07) is 8.52. The largest absolute Gasteiger partial charge is 0.465 e. The summed E-state index contributed by atoms with van der Waals surface area (Å²) in [6.07, 6.45) is 1.44. The van der Waals surface area contributed by atoms with Gasteiger partial charge in [0.2, 0.25) is 0 Å². The fourth-order valence-corrected chi connectivity index (χ4v) is 2.13. The van der Waals surface area contributed by atoms with Crippen LogP contribution in [0.4, 0.5) is 8.78 Å². The van der Waals surface area contributed by atoms with Gasteiger partial charge < -0.3 is 4.74 Å². The van der Waals surface area contributed by atoms with E-state index in [2.05, 4.69) is 9.84 Å². The zero-order valence-electron chi connectivity index (χ0n) is 11.0. The predicted octanol–water partition coefficient (Wildman–Crippen LogP) is 3.09. The van der Waals surface area contributed by atoms with Crippen LogP contribution in [0.5, 0.6) is 0 Å². The lowest BCUT2D eigenvalue weighted by Crippen LogP contribution is -2.05. The van der Waals surface area contributed by atoms with Crippen molar-refractivity contribution in [1.29, 1.82) is 0 Å².